The number of anilines is 1. The molecule has 2 rings (SSSR count). The minimum atomic E-state index is 0.0546. The number of nitrogen functional groups attached to an aromatic ring is 1. The normalized spacial score (nSPS) is 10.6. The number of aryl methyl sites for hydroxylation is 2. The standard InChI is InChI=1S/C11H13N3OS/c1-14-11(12)9(7-13-14)10(15)5-4-8-3-2-6-16-8/h2-3,6-7H,4-5,12H2,1H3. The number of rotatable bonds is 4. The molecule has 0 fully saturated rings. The van der Waals surface area contributed by atoms with E-state index < -0.39 is 0 Å². The third-order valence-electron chi connectivity index (χ3n) is 2.46. The van der Waals surface area contributed by atoms with Gasteiger partial charge in [-0.2, -0.15) is 5.10 Å². The van der Waals surface area contributed by atoms with E-state index in [1.165, 1.54) is 15.8 Å². The molecule has 0 atom stereocenters. The summed E-state index contributed by atoms with van der Waals surface area (Å²) in [5.74, 6) is 0.496. The lowest BCUT2D eigenvalue weighted by molar-refractivity contribution is 0.0984. The maximum Gasteiger partial charge on any atom is 0.168 e. The molecule has 2 aromatic heterocycles. The van der Waals surface area contributed by atoms with Crippen molar-refractivity contribution in [2.45, 2.75) is 12.8 Å². The Hall–Kier alpha value is -1.62. The number of ketones is 1. The van der Waals surface area contributed by atoms with Crippen LogP contribution in [-0.2, 0) is 13.5 Å². The van der Waals surface area contributed by atoms with Crippen LogP contribution < -0.4 is 5.73 Å². The van der Waals surface area contributed by atoms with Gasteiger partial charge in [0.25, 0.3) is 0 Å². The summed E-state index contributed by atoms with van der Waals surface area (Å²) in [6.07, 6.45) is 2.79. The molecule has 84 valence electrons. The zero-order chi connectivity index (χ0) is 11.5. The molecule has 0 amide bonds. The van der Waals surface area contributed by atoms with Crippen LogP contribution in [0.25, 0.3) is 0 Å². The van der Waals surface area contributed by atoms with Gasteiger partial charge in [0.2, 0.25) is 0 Å². The first-order chi connectivity index (χ1) is 7.68. The van der Waals surface area contributed by atoms with Crippen LogP contribution in [-0.4, -0.2) is 15.6 Å². The van der Waals surface area contributed by atoms with Crippen molar-refractivity contribution in [1.29, 1.82) is 0 Å². The maximum absolute atomic E-state index is 11.8. The Morgan fingerprint density at radius 2 is 2.44 bits per heavy atom. The van der Waals surface area contributed by atoms with Crippen LogP contribution >= 0.6 is 11.3 Å². The predicted molar refractivity (Wildman–Crippen MR) is 64.6 cm³/mol. The summed E-state index contributed by atoms with van der Waals surface area (Å²) in [4.78, 5) is 13.1. The summed E-state index contributed by atoms with van der Waals surface area (Å²) in [7, 11) is 1.73. The van der Waals surface area contributed by atoms with Crippen LogP contribution in [0.2, 0.25) is 0 Å². The monoisotopic (exact) mass is 235 g/mol. The quantitative estimate of drug-likeness (QED) is 0.823. The van der Waals surface area contributed by atoms with E-state index in [1.807, 2.05) is 17.5 Å². The van der Waals surface area contributed by atoms with E-state index in [2.05, 4.69) is 5.10 Å². The summed E-state index contributed by atoms with van der Waals surface area (Å²) < 4.78 is 1.51. The van der Waals surface area contributed by atoms with Gasteiger partial charge in [-0.25, -0.2) is 0 Å². The minimum Gasteiger partial charge on any atom is -0.383 e. The highest BCUT2D eigenvalue weighted by Gasteiger charge is 2.13. The van der Waals surface area contributed by atoms with E-state index in [-0.39, 0.29) is 5.78 Å². The molecule has 16 heavy (non-hydrogen) atoms. The first-order valence-electron chi connectivity index (χ1n) is 5.01. The first kappa shape index (κ1) is 10.9. The number of hydrogen-bond donors (Lipinski definition) is 1. The molecule has 0 saturated carbocycles. The van der Waals surface area contributed by atoms with Gasteiger partial charge in [0.1, 0.15) is 5.82 Å². The molecule has 0 bridgehead atoms. The summed E-state index contributed by atoms with van der Waals surface area (Å²) in [6, 6.07) is 4.02. The summed E-state index contributed by atoms with van der Waals surface area (Å²) in [5.41, 5.74) is 6.26. The van der Waals surface area contributed by atoms with Gasteiger partial charge in [-0.15, -0.1) is 11.3 Å². The average molecular weight is 235 g/mol. The molecule has 0 saturated heterocycles. The highest BCUT2D eigenvalue weighted by Crippen LogP contribution is 2.16. The Kier molecular flexibility index (Phi) is 3.05. The van der Waals surface area contributed by atoms with Gasteiger partial charge in [0.15, 0.2) is 5.78 Å². The Bertz CT molecular complexity index is 487. The second-order valence-electron chi connectivity index (χ2n) is 3.57. The van der Waals surface area contributed by atoms with E-state index in [9.17, 15) is 4.79 Å². The Morgan fingerprint density at radius 1 is 1.62 bits per heavy atom. The SMILES string of the molecule is Cn1ncc(C(=O)CCc2cccs2)c1N. The molecule has 2 N–H and O–H groups in total. The second-order valence-corrected chi connectivity index (χ2v) is 4.60. The molecule has 0 spiro atoms. The number of hydrogen-bond acceptors (Lipinski definition) is 4. The zero-order valence-corrected chi connectivity index (χ0v) is 9.83. The van der Waals surface area contributed by atoms with Gasteiger partial charge in [-0.1, -0.05) is 6.07 Å². The van der Waals surface area contributed by atoms with Gasteiger partial charge < -0.3 is 5.73 Å². The topological polar surface area (TPSA) is 60.9 Å². The van der Waals surface area contributed by atoms with E-state index >= 15 is 0 Å². The highest BCUT2D eigenvalue weighted by molar-refractivity contribution is 7.09. The van der Waals surface area contributed by atoms with Crippen molar-refractivity contribution in [3.05, 3.63) is 34.2 Å². The van der Waals surface area contributed by atoms with Crippen LogP contribution in [0, 0.1) is 0 Å². The van der Waals surface area contributed by atoms with Gasteiger partial charge >= 0.3 is 0 Å². The van der Waals surface area contributed by atoms with Crippen LogP contribution in [0.15, 0.2) is 23.7 Å². The number of Topliss-reactive ketones (excluding diaryl/α,β-unsaturated/α-hetero) is 1. The largest absolute Gasteiger partial charge is 0.383 e. The molecule has 0 aliphatic rings. The van der Waals surface area contributed by atoms with Crippen molar-refractivity contribution >= 4 is 22.9 Å². The minimum absolute atomic E-state index is 0.0546. The van der Waals surface area contributed by atoms with E-state index in [4.69, 9.17) is 5.73 Å². The fourth-order valence-electron chi connectivity index (χ4n) is 1.49. The third-order valence-corrected chi connectivity index (χ3v) is 3.40. The molecular formula is C11H13N3OS. The van der Waals surface area contributed by atoms with E-state index in [1.54, 1.807) is 18.4 Å². The first-order valence-corrected chi connectivity index (χ1v) is 5.89. The average Bonchev–Trinajstić information content (AvgIpc) is 2.88. The molecule has 0 aromatic carbocycles. The highest BCUT2D eigenvalue weighted by atomic mass is 32.1. The lowest BCUT2D eigenvalue weighted by Gasteiger charge is -1.99. The molecule has 0 aliphatic carbocycles. The van der Waals surface area contributed by atoms with Crippen LogP contribution in [0.5, 0.6) is 0 Å². The molecule has 0 radical (unpaired) electrons. The molecular weight excluding hydrogens is 222 g/mol. The summed E-state index contributed by atoms with van der Waals surface area (Å²) >= 11 is 1.67. The molecule has 2 heterocycles. The second kappa shape index (κ2) is 4.49. The van der Waals surface area contributed by atoms with E-state index in [0.717, 1.165) is 6.42 Å². The van der Waals surface area contributed by atoms with Crippen molar-refractivity contribution in [3.63, 3.8) is 0 Å². The molecule has 0 unspecified atom stereocenters. The van der Waals surface area contributed by atoms with Crippen molar-refractivity contribution in [3.8, 4) is 0 Å². The van der Waals surface area contributed by atoms with Gasteiger partial charge in [-0.05, 0) is 17.9 Å². The molecule has 5 heteroatoms. The summed E-state index contributed by atoms with van der Waals surface area (Å²) in [5, 5.41) is 5.97. The van der Waals surface area contributed by atoms with Crippen LogP contribution in [0.1, 0.15) is 21.7 Å². The Balaban J connectivity index is 2.01. The van der Waals surface area contributed by atoms with Crippen LogP contribution in [0.3, 0.4) is 0 Å². The van der Waals surface area contributed by atoms with E-state index in [0.29, 0.717) is 17.8 Å². The zero-order valence-electron chi connectivity index (χ0n) is 9.01. The van der Waals surface area contributed by atoms with Crippen molar-refractivity contribution in [2.75, 3.05) is 5.73 Å². The summed E-state index contributed by atoms with van der Waals surface area (Å²) in [6.45, 7) is 0. The number of carbonyl (C=O) groups excluding carboxylic acids is 1. The Morgan fingerprint density at radius 3 is 3.00 bits per heavy atom. The fraction of sp³-hybridized carbons (Fsp3) is 0.273. The lowest BCUT2D eigenvalue weighted by atomic mass is 10.1. The van der Waals surface area contributed by atoms with Crippen molar-refractivity contribution in [2.24, 2.45) is 7.05 Å². The van der Waals surface area contributed by atoms with Gasteiger partial charge in [-0.3, -0.25) is 9.48 Å². The van der Waals surface area contributed by atoms with Crippen molar-refractivity contribution < 1.29 is 4.79 Å². The molecule has 2 aromatic rings. The number of nitrogens with zero attached hydrogens (tertiary/aromatic N) is 2. The number of nitrogens with two attached hydrogens (primary N) is 1. The number of thiophene rings is 1. The fourth-order valence-corrected chi connectivity index (χ4v) is 2.20. The Labute approximate surface area is 97.7 Å². The van der Waals surface area contributed by atoms with Crippen LogP contribution in [0.4, 0.5) is 5.82 Å². The molecule has 4 nitrogen and oxygen atoms in total. The third kappa shape index (κ3) is 2.14. The van der Waals surface area contributed by atoms with Gasteiger partial charge in [0.05, 0.1) is 11.8 Å². The molecule has 0 aliphatic heterocycles. The van der Waals surface area contributed by atoms with Crippen molar-refractivity contribution in [1.82, 2.24) is 9.78 Å². The predicted octanol–water partition coefficient (Wildman–Crippen LogP) is 1.88. The number of aromatic nitrogens is 2. The lowest BCUT2D eigenvalue weighted by Crippen LogP contribution is -2.05. The maximum atomic E-state index is 11.8. The number of carbonyl (C=O) groups is 1. The van der Waals surface area contributed by atoms with Gasteiger partial charge in [0, 0.05) is 18.3 Å². The smallest absolute Gasteiger partial charge is 0.168 e.